The highest BCUT2D eigenvalue weighted by Gasteiger charge is 2.25. The number of allylic oxidation sites excluding steroid dienone is 1. The molecule has 15 heavy (non-hydrogen) atoms. The number of hydrogen-bond donors (Lipinski definition) is 1. The molecule has 0 saturated carbocycles. The van der Waals surface area contributed by atoms with Gasteiger partial charge in [0.05, 0.1) is 5.41 Å². The Balaban J connectivity index is 4.24. The fourth-order valence-electron chi connectivity index (χ4n) is 0.715. The van der Waals surface area contributed by atoms with Gasteiger partial charge < -0.3 is 15.0 Å². The molecule has 0 fully saturated rings. The van der Waals surface area contributed by atoms with E-state index in [1.807, 2.05) is 20.8 Å². The van der Waals surface area contributed by atoms with Crippen LogP contribution in [-0.4, -0.2) is 30.4 Å². The first kappa shape index (κ1) is 13.7. The molecular formula is C11H20N2O2. The van der Waals surface area contributed by atoms with E-state index in [-0.39, 0.29) is 12.2 Å². The first-order valence-electron chi connectivity index (χ1n) is 4.89. The van der Waals surface area contributed by atoms with Gasteiger partial charge >= 0.3 is 5.97 Å². The van der Waals surface area contributed by atoms with Crippen LogP contribution in [-0.2, 0) is 9.53 Å². The Morgan fingerprint density at radius 3 is 2.40 bits per heavy atom. The van der Waals surface area contributed by atoms with Crippen LogP contribution in [0.15, 0.2) is 12.3 Å². The maximum absolute atomic E-state index is 11.5. The van der Waals surface area contributed by atoms with Crippen LogP contribution < -0.4 is 0 Å². The highest BCUT2D eigenvalue weighted by Crippen LogP contribution is 2.16. The van der Waals surface area contributed by atoms with Gasteiger partial charge in [-0.2, -0.15) is 0 Å². The number of rotatable bonds is 4. The van der Waals surface area contributed by atoms with Gasteiger partial charge in [-0.15, -0.1) is 0 Å². The van der Waals surface area contributed by atoms with Gasteiger partial charge in [0.15, 0.2) is 6.23 Å². The second-order valence-electron chi connectivity index (χ2n) is 4.43. The minimum Gasteiger partial charge on any atom is -0.441 e. The molecule has 0 radical (unpaired) electrons. The molecule has 0 spiro atoms. The van der Waals surface area contributed by atoms with Gasteiger partial charge in [-0.05, 0) is 33.8 Å². The van der Waals surface area contributed by atoms with Crippen LogP contribution in [0.3, 0.4) is 0 Å². The van der Waals surface area contributed by atoms with Gasteiger partial charge in [-0.25, -0.2) is 0 Å². The van der Waals surface area contributed by atoms with Crippen molar-refractivity contribution in [1.29, 1.82) is 5.41 Å². The van der Waals surface area contributed by atoms with E-state index in [0.717, 1.165) is 0 Å². The molecule has 0 amide bonds. The molecule has 86 valence electrons. The minimum atomic E-state index is -0.486. The van der Waals surface area contributed by atoms with Crippen LogP contribution in [0.2, 0.25) is 0 Å². The Morgan fingerprint density at radius 1 is 1.47 bits per heavy atom. The van der Waals surface area contributed by atoms with Gasteiger partial charge in [0, 0.05) is 19.5 Å². The largest absolute Gasteiger partial charge is 0.441 e. The zero-order valence-electron chi connectivity index (χ0n) is 10.1. The van der Waals surface area contributed by atoms with Crippen LogP contribution in [0.25, 0.3) is 0 Å². The van der Waals surface area contributed by atoms with Crippen molar-refractivity contribution >= 4 is 12.2 Å². The molecule has 0 aromatic carbocycles. The van der Waals surface area contributed by atoms with Crippen molar-refractivity contribution < 1.29 is 9.53 Å². The van der Waals surface area contributed by atoms with Crippen molar-refractivity contribution in [1.82, 2.24) is 4.90 Å². The molecule has 4 heteroatoms. The Hall–Kier alpha value is -1.32. The Labute approximate surface area is 91.4 Å². The summed E-state index contributed by atoms with van der Waals surface area (Å²) in [7, 11) is 1.79. The third kappa shape index (κ3) is 5.20. The van der Waals surface area contributed by atoms with Crippen molar-refractivity contribution in [3.63, 3.8) is 0 Å². The van der Waals surface area contributed by atoms with Crippen molar-refractivity contribution in [2.45, 2.75) is 33.9 Å². The van der Waals surface area contributed by atoms with Gasteiger partial charge in [-0.3, -0.25) is 4.79 Å². The van der Waals surface area contributed by atoms with E-state index >= 15 is 0 Å². The van der Waals surface area contributed by atoms with E-state index in [9.17, 15) is 4.79 Å². The van der Waals surface area contributed by atoms with E-state index in [2.05, 4.69) is 0 Å². The zero-order chi connectivity index (χ0) is 12.1. The number of nitrogens with zero attached hydrogens (tertiary/aromatic N) is 1. The average Bonchev–Trinajstić information content (AvgIpc) is 2.12. The summed E-state index contributed by atoms with van der Waals surface area (Å²) in [5.74, 6) is -0.231. The summed E-state index contributed by atoms with van der Waals surface area (Å²) >= 11 is 0. The van der Waals surface area contributed by atoms with E-state index in [1.54, 1.807) is 31.1 Å². The Kier molecular flexibility index (Phi) is 5.05. The van der Waals surface area contributed by atoms with E-state index < -0.39 is 5.41 Å². The lowest BCUT2D eigenvalue weighted by Gasteiger charge is -2.26. The summed E-state index contributed by atoms with van der Waals surface area (Å²) in [6.45, 7) is 7.23. The monoisotopic (exact) mass is 212 g/mol. The summed E-state index contributed by atoms with van der Waals surface area (Å²) < 4.78 is 5.23. The van der Waals surface area contributed by atoms with Gasteiger partial charge in [0.2, 0.25) is 0 Å². The fraction of sp³-hybridized carbons (Fsp3) is 0.636. The third-order valence-corrected chi connectivity index (χ3v) is 1.88. The molecular weight excluding hydrogens is 192 g/mol. The number of ether oxygens (including phenoxy) is 1. The van der Waals surface area contributed by atoms with Crippen molar-refractivity contribution in [2.24, 2.45) is 5.41 Å². The molecule has 0 aliphatic rings. The molecule has 1 atom stereocenters. The van der Waals surface area contributed by atoms with Crippen LogP contribution >= 0.6 is 0 Å². The zero-order valence-corrected chi connectivity index (χ0v) is 10.1. The molecule has 4 nitrogen and oxygen atoms in total. The average molecular weight is 212 g/mol. The third-order valence-electron chi connectivity index (χ3n) is 1.88. The van der Waals surface area contributed by atoms with Crippen LogP contribution in [0, 0.1) is 10.8 Å². The predicted octanol–water partition coefficient (Wildman–Crippen LogP) is 2.02. The quantitative estimate of drug-likeness (QED) is 0.440. The number of carbonyl (C=O) groups excluding carboxylic acids is 1. The maximum Gasteiger partial charge on any atom is 0.313 e. The summed E-state index contributed by atoms with van der Waals surface area (Å²) in [6.07, 6.45) is 4.11. The maximum atomic E-state index is 11.5. The summed E-state index contributed by atoms with van der Waals surface area (Å²) in [4.78, 5) is 13.3. The number of esters is 1. The summed E-state index contributed by atoms with van der Waals surface area (Å²) in [5.41, 5.74) is -0.486. The van der Waals surface area contributed by atoms with Crippen molar-refractivity contribution in [2.75, 3.05) is 7.05 Å². The van der Waals surface area contributed by atoms with E-state index in [4.69, 9.17) is 10.1 Å². The Bertz CT molecular complexity index is 254. The molecule has 1 N–H and O–H groups in total. The van der Waals surface area contributed by atoms with E-state index in [1.165, 1.54) is 6.21 Å². The second-order valence-corrected chi connectivity index (χ2v) is 4.43. The van der Waals surface area contributed by atoms with Crippen molar-refractivity contribution in [3.05, 3.63) is 12.3 Å². The predicted molar refractivity (Wildman–Crippen MR) is 60.7 cm³/mol. The highest BCUT2D eigenvalue weighted by molar-refractivity contribution is 5.75. The minimum absolute atomic E-state index is 0.231. The number of nitrogens with one attached hydrogen (secondary N) is 1. The molecule has 1 unspecified atom stereocenters. The summed E-state index contributed by atoms with van der Waals surface area (Å²) in [6, 6.07) is 0. The van der Waals surface area contributed by atoms with Crippen LogP contribution in [0.1, 0.15) is 27.7 Å². The molecule has 0 saturated heterocycles. The van der Waals surface area contributed by atoms with Crippen LogP contribution in [0.4, 0.5) is 0 Å². The van der Waals surface area contributed by atoms with Gasteiger partial charge in [0.1, 0.15) is 0 Å². The molecule has 0 heterocycles. The van der Waals surface area contributed by atoms with Crippen LogP contribution in [0.5, 0.6) is 0 Å². The summed E-state index contributed by atoms with van der Waals surface area (Å²) in [5, 5.41) is 6.83. The molecule has 0 rings (SSSR count). The lowest BCUT2D eigenvalue weighted by molar-refractivity contribution is -0.164. The molecule has 0 bridgehead atoms. The number of carbonyl (C=O) groups is 1. The topological polar surface area (TPSA) is 53.4 Å². The highest BCUT2D eigenvalue weighted by atomic mass is 16.6. The Morgan fingerprint density at radius 2 is 2.00 bits per heavy atom. The van der Waals surface area contributed by atoms with Gasteiger partial charge in [-0.1, -0.05) is 0 Å². The second kappa shape index (κ2) is 5.53. The lowest BCUT2D eigenvalue weighted by atomic mass is 9.97. The number of hydrogen-bond acceptors (Lipinski definition) is 4. The van der Waals surface area contributed by atoms with Gasteiger partial charge in [0.25, 0.3) is 0 Å². The standard InChI is InChI=1S/C11H20N2O2/c1-9(13(5)8-6-7-12)15-10(14)11(2,3)4/h6-9,12H,1-5H3/b8-6-,12-7?. The smallest absolute Gasteiger partial charge is 0.313 e. The first-order valence-corrected chi connectivity index (χ1v) is 4.89. The first-order chi connectivity index (χ1) is 6.79. The fourth-order valence-corrected chi connectivity index (χ4v) is 0.715. The molecule has 0 aliphatic carbocycles. The molecule has 0 aromatic heterocycles. The van der Waals surface area contributed by atoms with Crippen molar-refractivity contribution in [3.8, 4) is 0 Å². The molecule has 0 aliphatic heterocycles. The SMILES string of the molecule is CC(OC(=O)C(C)(C)C)N(C)/C=C\C=N. The normalized spacial score (nSPS) is 13.7. The molecule has 0 aromatic rings. The lowest BCUT2D eigenvalue weighted by Crippen LogP contribution is -2.34. The van der Waals surface area contributed by atoms with E-state index in [0.29, 0.717) is 0 Å².